The summed E-state index contributed by atoms with van der Waals surface area (Å²) < 4.78 is 6.21. The highest BCUT2D eigenvalue weighted by Gasteiger charge is 2.48. The fourth-order valence-corrected chi connectivity index (χ4v) is 4.41. The largest absolute Gasteiger partial charge is 0.489 e. The fraction of sp³-hybridized carbons (Fsp3) is 0.542. The van der Waals surface area contributed by atoms with Gasteiger partial charge < -0.3 is 20.1 Å². The molecule has 3 N–H and O–H groups in total. The maximum Gasteiger partial charge on any atom is 0.303 e. The number of aliphatic hydroxyl groups excluding tert-OH is 2. The molecule has 29 heavy (non-hydrogen) atoms. The molecule has 5 heteroatoms. The number of aliphatic hydroxyl groups is 2. The minimum Gasteiger partial charge on any atom is -0.489 e. The molecule has 6 atom stereocenters. The number of aryl methyl sites for hydroxylation is 1. The number of fused-ring (bicyclic) bond motifs is 3. The van der Waals surface area contributed by atoms with Crippen molar-refractivity contribution < 1.29 is 24.9 Å². The van der Waals surface area contributed by atoms with Crippen LogP contribution in [0.25, 0.3) is 0 Å². The molecule has 2 aliphatic rings. The van der Waals surface area contributed by atoms with Gasteiger partial charge in [-0.15, -0.1) is 11.8 Å². The minimum atomic E-state index is -0.790. The van der Waals surface area contributed by atoms with Crippen molar-refractivity contribution in [1.82, 2.24) is 0 Å². The molecule has 0 amide bonds. The first-order valence-corrected chi connectivity index (χ1v) is 10.4. The van der Waals surface area contributed by atoms with E-state index >= 15 is 0 Å². The zero-order chi connectivity index (χ0) is 21.0. The van der Waals surface area contributed by atoms with E-state index in [1.54, 1.807) is 13.0 Å². The second-order valence-corrected chi connectivity index (χ2v) is 8.13. The maximum atomic E-state index is 10.8. The van der Waals surface area contributed by atoms with Gasteiger partial charge in [-0.05, 0) is 31.2 Å². The van der Waals surface area contributed by atoms with Crippen LogP contribution in [0.4, 0.5) is 0 Å². The van der Waals surface area contributed by atoms with Gasteiger partial charge >= 0.3 is 5.97 Å². The van der Waals surface area contributed by atoms with E-state index < -0.39 is 18.2 Å². The van der Waals surface area contributed by atoms with Crippen molar-refractivity contribution in [2.45, 2.75) is 70.2 Å². The molecule has 0 bridgehead atoms. The zero-order valence-electron chi connectivity index (χ0n) is 17.0. The standard InChI is InChI=1S/C24H30O5/c1-3-4-7-15(2)19(25)13-12-17-20(26)14-21-23(17)18-10-5-8-16(24(18)29-21)9-6-11-22(27)28/h5,8,10,12-13,15,17,19-21,23,25-26H,6-7,9,11,14H2,1-2H3,(H,27,28)/b13-12+/t15-,17-,19?,20+,21-,23-/m1/s1. The van der Waals surface area contributed by atoms with E-state index in [1.807, 2.05) is 31.2 Å². The molecular formula is C24H30O5. The van der Waals surface area contributed by atoms with Crippen LogP contribution >= 0.6 is 0 Å². The molecule has 3 rings (SSSR count). The highest BCUT2D eigenvalue weighted by molar-refractivity contribution is 5.66. The van der Waals surface area contributed by atoms with E-state index in [1.165, 1.54) is 0 Å². The predicted octanol–water partition coefficient (Wildman–Crippen LogP) is 3.29. The van der Waals surface area contributed by atoms with Crippen LogP contribution in [0.3, 0.4) is 0 Å². The molecular weight excluding hydrogens is 368 g/mol. The molecule has 1 aromatic rings. The SMILES string of the molecule is CC#CC[C@@H](C)C(O)/C=C/[C@H]1[C@@H]2c3cccc(CCCC(=O)O)c3O[C@@H]2C[C@@H]1O. The van der Waals surface area contributed by atoms with Gasteiger partial charge in [0.1, 0.15) is 11.9 Å². The highest BCUT2D eigenvalue weighted by Crippen LogP contribution is 2.52. The Kier molecular flexibility index (Phi) is 7.00. The summed E-state index contributed by atoms with van der Waals surface area (Å²) in [6.07, 6.45) is 5.07. The molecule has 1 saturated carbocycles. The van der Waals surface area contributed by atoms with E-state index in [9.17, 15) is 15.0 Å². The van der Waals surface area contributed by atoms with E-state index in [0.717, 1.165) is 16.9 Å². The van der Waals surface area contributed by atoms with E-state index in [0.29, 0.717) is 25.7 Å². The van der Waals surface area contributed by atoms with Gasteiger partial charge in [0, 0.05) is 36.7 Å². The smallest absolute Gasteiger partial charge is 0.303 e. The first-order valence-electron chi connectivity index (χ1n) is 10.4. The van der Waals surface area contributed by atoms with Gasteiger partial charge in [-0.1, -0.05) is 37.3 Å². The molecule has 1 fully saturated rings. The summed E-state index contributed by atoms with van der Waals surface area (Å²) >= 11 is 0. The van der Waals surface area contributed by atoms with Crippen molar-refractivity contribution >= 4 is 5.97 Å². The van der Waals surface area contributed by atoms with Crippen molar-refractivity contribution in [3.8, 4) is 17.6 Å². The molecule has 5 nitrogen and oxygen atoms in total. The number of carboxylic acids is 1. The predicted molar refractivity (Wildman–Crippen MR) is 111 cm³/mol. The van der Waals surface area contributed by atoms with Gasteiger partial charge in [0.25, 0.3) is 0 Å². The van der Waals surface area contributed by atoms with Gasteiger partial charge in [0.15, 0.2) is 0 Å². The number of ether oxygens (including phenoxy) is 1. The Morgan fingerprint density at radius 2 is 2.21 bits per heavy atom. The lowest BCUT2D eigenvalue weighted by atomic mass is 9.86. The van der Waals surface area contributed by atoms with Crippen LogP contribution in [-0.2, 0) is 11.2 Å². The molecule has 156 valence electrons. The Morgan fingerprint density at radius 3 is 2.93 bits per heavy atom. The van der Waals surface area contributed by atoms with Gasteiger partial charge in [0.2, 0.25) is 0 Å². The zero-order valence-corrected chi connectivity index (χ0v) is 17.0. The Bertz CT molecular complexity index is 818. The first-order chi connectivity index (χ1) is 13.9. The molecule has 0 aromatic heterocycles. The summed E-state index contributed by atoms with van der Waals surface area (Å²) in [5, 5.41) is 29.9. The number of hydrogen-bond donors (Lipinski definition) is 3. The molecule has 0 saturated heterocycles. The van der Waals surface area contributed by atoms with Crippen molar-refractivity contribution in [3.05, 3.63) is 41.5 Å². The topological polar surface area (TPSA) is 87.0 Å². The number of carboxylic acid groups (broad SMARTS) is 1. The van der Waals surface area contributed by atoms with Gasteiger partial charge in [-0.2, -0.15) is 0 Å². The quantitative estimate of drug-likeness (QED) is 0.462. The van der Waals surface area contributed by atoms with Crippen molar-refractivity contribution in [2.24, 2.45) is 11.8 Å². The third-order valence-corrected chi connectivity index (χ3v) is 6.04. The third kappa shape index (κ3) is 4.83. The Morgan fingerprint density at radius 1 is 1.41 bits per heavy atom. The van der Waals surface area contributed by atoms with Gasteiger partial charge in [-0.3, -0.25) is 4.79 Å². The summed E-state index contributed by atoms with van der Waals surface area (Å²) in [5.41, 5.74) is 2.11. The van der Waals surface area contributed by atoms with E-state index in [-0.39, 0.29) is 30.3 Å². The summed E-state index contributed by atoms with van der Waals surface area (Å²) in [6, 6.07) is 6.01. The lowest BCUT2D eigenvalue weighted by molar-refractivity contribution is -0.137. The molecule has 1 heterocycles. The monoisotopic (exact) mass is 398 g/mol. The van der Waals surface area contributed by atoms with Crippen molar-refractivity contribution in [3.63, 3.8) is 0 Å². The second-order valence-electron chi connectivity index (χ2n) is 8.13. The number of para-hydroxylation sites is 1. The van der Waals surface area contributed by atoms with Crippen LogP contribution in [-0.4, -0.2) is 39.6 Å². The lowest BCUT2D eigenvalue weighted by Crippen LogP contribution is -2.19. The summed E-state index contributed by atoms with van der Waals surface area (Å²) in [6.45, 7) is 3.75. The molecule has 0 spiro atoms. The molecule has 1 unspecified atom stereocenters. The number of hydrogen-bond acceptors (Lipinski definition) is 4. The minimum absolute atomic E-state index is 0.0287. The number of benzene rings is 1. The summed E-state index contributed by atoms with van der Waals surface area (Å²) in [4.78, 5) is 10.8. The van der Waals surface area contributed by atoms with E-state index in [2.05, 4.69) is 11.8 Å². The van der Waals surface area contributed by atoms with Crippen LogP contribution in [0.2, 0.25) is 0 Å². The van der Waals surface area contributed by atoms with Gasteiger partial charge in [0.05, 0.1) is 12.2 Å². The normalized spacial score (nSPS) is 26.9. The van der Waals surface area contributed by atoms with Crippen LogP contribution in [0.5, 0.6) is 5.75 Å². The average Bonchev–Trinajstić information content (AvgIpc) is 3.19. The Hall–Kier alpha value is -2.29. The Labute approximate surface area is 172 Å². The van der Waals surface area contributed by atoms with Crippen LogP contribution in [0.15, 0.2) is 30.4 Å². The first kappa shape index (κ1) is 21.4. The van der Waals surface area contributed by atoms with Crippen LogP contribution < -0.4 is 4.74 Å². The average molecular weight is 398 g/mol. The maximum absolute atomic E-state index is 10.8. The molecule has 1 aromatic carbocycles. The molecule has 1 aliphatic carbocycles. The van der Waals surface area contributed by atoms with Crippen molar-refractivity contribution in [2.75, 3.05) is 0 Å². The number of carbonyl (C=O) groups is 1. The summed E-state index contributed by atoms with van der Waals surface area (Å²) in [5.74, 6) is 5.87. The third-order valence-electron chi connectivity index (χ3n) is 6.04. The molecule has 0 radical (unpaired) electrons. The van der Waals surface area contributed by atoms with E-state index in [4.69, 9.17) is 9.84 Å². The van der Waals surface area contributed by atoms with Crippen LogP contribution in [0, 0.1) is 23.7 Å². The number of aliphatic carboxylic acids is 1. The van der Waals surface area contributed by atoms with Crippen molar-refractivity contribution in [1.29, 1.82) is 0 Å². The molecule has 1 aliphatic heterocycles. The Balaban J connectivity index is 1.75. The lowest BCUT2D eigenvalue weighted by Gasteiger charge is -2.19. The highest BCUT2D eigenvalue weighted by atomic mass is 16.5. The van der Waals surface area contributed by atoms with Gasteiger partial charge in [-0.25, -0.2) is 0 Å². The fourth-order valence-electron chi connectivity index (χ4n) is 4.41. The second kappa shape index (κ2) is 9.47. The summed E-state index contributed by atoms with van der Waals surface area (Å²) in [7, 11) is 0. The number of rotatable bonds is 8. The van der Waals surface area contributed by atoms with Crippen LogP contribution in [0.1, 0.15) is 56.6 Å².